The Kier molecular flexibility index (Phi) is 4.43. The lowest BCUT2D eigenvalue weighted by atomic mass is 9.98. The van der Waals surface area contributed by atoms with Crippen LogP contribution in [0, 0.1) is 5.92 Å². The summed E-state index contributed by atoms with van der Waals surface area (Å²) in [6.45, 7) is 2.03. The molecule has 0 saturated heterocycles. The van der Waals surface area contributed by atoms with Gasteiger partial charge in [-0.1, -0.05) is 18.6 Å². The van der Waals surface area contributed by atoms with Gasteiger partial charge >= 0.3 is 0 Å². The molecular weight excluding hydrogens is 240 g/mol. The summed E-state index contributed by atoms with van der Waals surface area (Å²) in [5.41, 5.74) is 7.34. The minimum atomic E-state index is -0.219. The first-order valence-corrected chi connectivity index (χ1v) is 6.88. The maximum Gasteiger partial charge on any atom is 0.227 e. The van der Waals surface area contributed by atoms with Crippen LogP contribution in [0.15, 0.2) is 24.3 Å². The molecular formula is C15H22N2O2. The Balaban J connectivity index is 1.99. The number of nitrogen functional groups attached to an aromatic ring is 1. The Morgan fingerprint density at radius 2 is 2.32 bits per heavy atom. The van der Waals surface area contributed by atoms with E-state index < -0.39 is 0 Å². The SMILES string of the molecule is CC(C(=O)NC1CCCC1CO)c1cccc(N)c1. The van der Waals surface area contributed by atoms with Crippen molar-refractivity contribution in [2.24, 2.45) is 5.92 Å². The summed E-state index contributed by atoms with van der Waals surface area (Å²) in [6.07, 6.45) is 3.03. The quantitative estimate of drug-likeness (QED) is 0.722. The topological polar surface area (TPSA) is 75.3 Å². The number of anilines is 1. The molecule has 0 aliphatic heterocycles. The summed E-state index contributed by atoms with van der Waals surface area (Å²) >= 11 is 0. The molecule has 1 saturated carbocycles. The van der Waals surface area contributed by atoms with Crippen LogP contribution in [0.5, 0.6) is 0 Å². The van der Waals surface area contributed by atoms with Gasteiger partial charge in [-0.2, -0.15) is 0 Å². The van der Waals surface area contributed by atoms with E-state index in [1.165, 1.54) is 0 Å². The lowest BCUT2D eigenvalue weighted by Crippen LogP contribution is -2.40. The van der Waals surface area contributed by atoms with Gasteiger partial charge in [0, 0.05) is 24.3 Å². The van der Waals surface area contributed by atoms with Gasteiger partial charge in [-0.25, -0.2) is 0 Å². The fourth-order valence-corrected chi connectivity index (χ4v) is 2.73. The molecule has 0 radical (unpaired) electrons. The average Bonchev–Trinajstić information content (AvgIpc) is 2.85. The van der Waals surface area contributed by atoms with Crippen LogP contribution in [0.3, 0.4) is 0 Å². The maximum absolute atomic E-state index is 12.2. The number of nitrogens with two attached hydrogens (primary N) is 1. The highest BCUT2D eigenvalue weighted by Crippen LogP contribution is 2.26. The molecule has 0 bridgehead atoms. The summed E-state index contributed by atoms with van der Waals surface area (Å²) in [7, 11) is 0. The molecule has 4 N–H and O–H groups in total. The van der Waals surface area contributed by atoms with Crippen LogP contribution >= 0.6 is 0 Å². The Morgan fingerprint density at radius 3 is 3.00 bits per heavy atom. The average molecular weight is 262 g/mol. The van der Waals surface area contributed by atoms with Crippen molar-refractivity contribution in [3.8, 4) is 0 Å². The number of amides is 1. The molecule has 4 nitrogen and oxygen atoms in total. The van der Waals surface area contributed by atoms with E-state index in [9.17, 15) is 9.90 Å². The van der Waals surface area contributed by atoms with Gasteiger partial charge in [0.25, 0.3) is 0 Å². The minimum absolute atomic E-state index is 0.0101. The van der Waals surface area contributed by atoms with Crippen molar-refractivity contribution in [2.75, 3.05) is 12.3 Å². The van der Waals surface area contributed by atoms with Gasteiger partial charge in [0.2, 0.25) is 5.91 Å². The zero-order valence-electron chi connectivity index (χ0n) is 11.3. The summed E-state index contributed by atoms with van der Waals surface area (Å²) < 4.78 is 0. The van der Waals surface area contributed by atoms with Gasteiger partial charge in [0.15, 0.2) is 0 Å². The molecule has 104 valence electrons. The van der Waals surface area contributed by atoms with Crippen LogP contribution < -0.4 is 11.1 Å². The van der Waals surface area contributed by atoms with Gasteiger partial charge < -0.3 is 16.2 Å². The fourth-order valence-electron chi connectivity index (χ4n) is 2.73. The van der Waals surface area contributed by atoms with Crippen LogP contribution in [-0.4, -0.2) is 23.7 Å². The molecule has 1 fully saturated rings. The Morgan fingerprint density at radius 1 is 1.53 bits per heavy atom. The predicted molar refractivity (Wildman–Crippen MR) is 75.6 cm³/mol. The van der Waals surface area contributed by atoms with Crippen LogP contribution in [0.4, 0.5) is 5.69 Å². The number of benzene rings is 1. The lowest BCUT2D eigenvalue weighted by Gasteiger charge is -2.21. The molecule has 1 aromatic carbocycles. The van der Waals surface area contributed by atoms with Gasteiger partial charge in [-0.3, -0.25) is 4.79 Å². The lowest BCUT2D eigenvalue weighted by molar-refractivity contribution is -0.123. The first-order valence-electron chi connectivity index (χ1n) is 6.88. The Bertz CT molecular complexity index is 448. The first-order chi connectivity index (χ1) is 9.11. The van der Waals surface area contributed by atoms with Crippen LogP contribution in [0.1, 0.15) is 37.7 Å². The molecule has 1 aliphatic rings. The first kappa shape index (κ1) is 13.9. The van der Waals surface area contributed by atoms with E-state index in [4.69, 9.17) is 5.73 Å². The second-order valence-electron chi connectivity index (χ2n) is 5.38. The zero-order chi connectivity index (χ0) is 13.8. The summed E-state index contributed by atoms with van der Waals surface area (Å²) in [5, 5.41) is 12.3. The molecule has 2 rings (SSSR count). The van der Waals surface area contributed by atoms with E-state index in [1.807, 2.05) is 31.2 Å². The molecule has 3 atom stereocenters. The van der Waals surface area contributed by atoms with Gasteiger partial charge in [0.05, 0.1) is 5.92 Å². The highest BCUT2D eigenvalue weighted by Gasteiger charge is 2.29. The second-order valence-corrected chi connectivity index (χ2v) is 5.38. The molecule has 19 heavy (non-hydrogen) atoms. The van der Waals surface area contributed by atoms with E-state index in [0.29, 0.717) is 5.69 Å². The summed E-state index contributed by atoms with van der Waals surface area (Å²) in [5.74, 6) is -0.00335. The van der Waals surface area contributed by atoms with E-state index in [1.54, 1.807) is 0 Å². The normalized spacial score (nSPS) is 24.1. The van der Waals surface area contributed by atoms with Crippen molar-refractivity contribution in [1.29, 1.82) is 0 Å². The van der Waals surface area contributed by atoms with Crippen molar-refractivity contribution >= 4 is 11.6 Å². The Hall–Kier alpha value is -1.55. The monoisotopic (exact) mass is 262 g/mol. The standard InChI is InChI=1S/C15H22N2O2/c1-10(11-4-2-6-13(16)8-11)15(19)17-14-7-3-5-12(14)9-18/h2,4,6,8,10,12,14,18H,3,5,7,9,16H2,1H3,(H,17,19). The molecule has 0 spiro atoms. The van der Waals surface area contributed by atoms with Crippen molar-refractivity contribution in [1.82, 2.24) is 5.32 Å². The van der Waals surface area contributed by atoms with Crippen molar-refractivity contribution in [3.05, 3.63) is 29.8 Å². The smallest absolute Gasteiger partial charge is 0.227 e. The number of rotatable bonds is 4. The highest BCUT2D eigenvalue weighted by atomic mass is 16.3. The molecule has 0 aromatic heterocycles. The minimum Gasteiger partial charge on any atom is -0.399 e. The van der Waals surface area contributed by atoms with Crippen LogP contribution in [0.2, 0.25) is 0 Å². The van der Waals surface area contributed by atoms with E-state index >= 15 is 0 Å². The third-order valence-electron chi connectivity index (χ3n) is 4.03. The number of hydrogen-bond acceptors (Lipinski definition) is 3. The van der Waals surface area contributed by atoms with Gasteiger partial charge in [0.1, 0.15) is 0 Å². The fraction of sp³-hybridized carbons (Fsp3) is 0.533. The highest BCUT2D eigenvalue weighted by molar-refractivity contribution is 5.83. The van der Waals surface area contributed by atoms with E-state index in [0.717, 1.165) is 24.8 Å². The predicted octanol–water partition coefficient (Wildman–Crippen LogP) is 1.65. The number of hydrogen-bond donors (Lipinski definition) is 3. The molecule has 0 heterocycles. The van der Waals surface area contributed by atoms with Crippen LogP contribution in [0.25, 0.3) is 0 Å². The Labute approximate surface area is 114 Å². The summed E-state index contributed by atoms with van der Waals surface area (Å²) in [6, 6.07) is 7.54. The molecule has 1 aromatic rings. The largest absolute Gasteiger partial charge is 0.399 e. The number of aliphatic hydroxyl groups excluding tert-OH is 1. The molecule has 1 amide bonds. The van der Waals surface area contributed by atoms with Gasteiger partial charge in [-0.05, 0) is 37.5 Å². The van der Waals surface area contributed by atoms with E-state index in [-0.39, 0.29) is 30.4 Å². The van der Waals surface area contributed by atoms with E-state index in [2.05, 4.69) is 5.32 Å². The van der Waals surface area contributed by atoms with Crippen molar-refractivity contribution < 1.29 is 9.90 Å². The van der Waals surface area contributed by atoms with Gasteiger partial charge in [-0.15, -0.1) is 0 Å². The zero-order valence-corrected chi connectivity index (χ0v) is 11.3. The number of nitrogens with one attached hydrogen (secondary N) is 1. The third-order valence-corrected chi connectivity index (χ3v) is 4.03. The number of aliphatic hydroxyl groups is 1. The molecule has 4 heteroatoms. The van der Waals surface area contributed by atoms with Crippen LogP contribution in [-0.2, 0) is 4.79 Å². The summed E-state index contributed by atoms with van der Waals surface area (Å²) in [4.78, 5) is 12.2. The van der Waals surface area contributed by atoms with Crippen molar-refractivity contribution in [2.45, 2.75) is 38.1 Å². The molecule has 1 aliphatic carbocycles. The number of carbonyl (C=O) groups is 1. The number of carbonyl (C=O) groups excluding carboxylic acids is 1. The maximum atomic E-state index is 12.2. The second kappa shape index (κ2) is 6.06. The molecule has 3 unspecified atom stereocenters. The van der Waals surface area contributed by atoms with Crippen molar-refractivity contribution in [3.63, 3.8) is 0 Å². The third kappa shape index (κ3) is 3.26.